The fraction of sp³-hybridized carbons (Fsp3) is 0.556. The highest BCUT2D eigenvalue weighted by Crippen LogP contribution is 2.14. The van der Waals surface area contributed by atoms with Crippen molar-refractivity contribution in [3.8, 4) is 0 Å². The number of imidazole rings is 1. The molecule has 8 heteroatoms. The number of aromatic nitrogens is 2. The van der Waals surface area contributed by atoms with Gasteiger partial charge in [0.15, 0.2) is 0 Å². The standard InChI is InChI=1S/C18H25FN4O3/c1-3-23(18(24)22-15-10-25-11-16(15)26-4-2)8-7-17-20-13-6-5-12(19)9-14(13)21-17/h5-6,9,15-16H,3-4,7-8,10-11H2,1-2H3,(H,20,21)(H,22,24)/t15-,16-/m0/s1. The molecular formula is C18H25FN4O3. The molecule has 3 rings (SSSR count). The number of amides is 2. The highest BCUT2D eigenvalue weighted by atomic mass is 19.1. The van der Waals surface area contributed by atoms with Gasteiger partial charge in [-0.3, -0.25) is 0 Å². The van der Waals surface area contributed by atoms with Gasteiger partial charge in [-0.25, -0.2) is 14.2 Å². The number of halogens is 1. The first-order chi connectivity index (χ1) is 12.6. The van der Waals surface area contributed by atoms with E-state index in [4.69, 9.17) is 9.47 Å². The maximum absolute atomic E-state index is 13.3. The average molecular weight is 364 g/mol. The fourth-order valence-corrected chi connectivity index (χ4v) is 3.09. The van der Waals surface area contributed by atoms with E-state index in [9.17, 15) is 9.18 Å². The smallest absolute Gasteiger partial charge is 0.317 e. The molecule has 1 aliphatic rings. The van der Waals surface area contributed by atoms with Gasteiger partial charge in [0.05, 0.1) is 30.3 Å². The first-order valence-corrected chi connectivity index (χ1v) is 8.99. The van der Waals surface area contributed by atoms with E-state index in [1.165, 1.54) is 12.1 Å². The Morgan fingerprint density at radius 3 is 3.08 bits per heavy atom. The summed E-state index contributed by atoms with van der Waals surface area (Å²) in [6, 6.07) is 4.17. The maximum Gasteiger partial charge on any atom is 0.317 e. The molecule has 1 aromatic heterocycles. The zero-order valence-corrected chi connectivity index (χ0v) is 15.1. The number of rotatable bonds is 7. The molecule has 0 saturated carbocycles. The van der Waals surface area contributed by atoms with Crippen LogP contribution in [0.25, 0.3) is 11.0 Å². The summed E-state index contributed by atoms with van der Waals surface area (Å²) in [6.45, 7) is 6.49. The van der Waals surface area contributed by atoms with Gasteiger partial charge in [0.2, 0.25) is 0 Å². The van der Waals surface area contributed by atoms with Crippen LogP contribution in [0.15, 0.2) is 18.2 Å². The Labute approximate surface area is 151 Å². The fourth-order valence-electron chi connectivity index (χ4n) is 3.09. The monoisotopic (exact) mass is 364 g/mol. The van der Waals surface area contributed by atoms with Gasteiger partial charge < -0.3 is 24.7 Å². The number of nitrogens with zero attached hydrogens (tertiary/aromatic N) is 2. The highest BCUT2D eigenvalue weighted by molar-refractivity contribution is 5.75. The number of likely N-dealkylation sites (N-methyl/N-ethyl adjacent to an activating group) is 1. The third-order valence-corrected chi connectivity index (χ3v) is 4.50. The van der Waals surface area contributed by atoms with Crippen LogP contribution in [0.4, 0.5) is 9.18 Å². The summed E-state index contributed by atoms with van der Waals surface area (Å²) in [7, 11) is 0. The number of carbonyl (C=O) groups is 1. The number of carbonyl (C=O) groups excluding carboxylic acids is 1. The third-order valence-electron chi connectivity index (χ3n) is 4.50. The minimum Gasteiger partial charge on any atom is -0.376 e. The summed E-state index contributed by atoms with van der Waals surface area (Å²) in [5, 5.41) is 2.99. The topological polar surface area (TPSA) is 79.5 Å². The van der Waals surface area contributed by atoms with Crippen molar-refractivity contribution in [2.75, 3.05) is 32.9 Å². The van der Waals surface area contributed by atoms with Crippen molar-refractivity contribution in [3.05, 3.63) is 29.8 Å². The molecule has 26 heavy (non-hydrogen) atoms. The van der Waals surface area contributed by atoms with Crippen LogP contribution >= 0.6 is 0 Å². The summed E-state index contributed by atoms with van der Waals surface area (Å²) in [5.74, 6) is 0.429. The number of benzene rings is 1. The van der Waals surface area contributed by atoms with Crippen LogP contribution in [0.3, 0.4) is 0 Å². The lowest BCUT2D eigenvalue weighted by Gasteiger charge is -2.25. The van der Waals surface area contributed by atoms with Crippen molar-refractivity contribution in [2.24, 2.45) is 0 Å². The molecule has 1 saturated heterocycles. The van der Waals surface area contributed by atoms with Crippen LogP contribution in [0.1, 0.15) is 19.7 Å². The third kappa shape index (κ3) is 4.31. The van der Waals surface area contributed by atoms with Crippen LogP contribution in [-0.4, -0.2) is 66.0 Å². The van der Waals surface area contributed by atoms with Crippen LogP contribution in [0, 0.1) is 5.82 Å². The Morgan fingerprint density at radius 1 is 1.46 bits per heavy atom. The quantitative estimate of drug-likeness (QED) is 0.788. The normalized spacial score (nSPS) is 19.8. The van der Waals surface area contributed by atoms with E-state index < -0.39 is 0 Å². The van der Waals surface area contributed by atoms with E-state index in [2.05, 4.69) is 15.3 Å². The van der Waals surface area contributed by atoms with Crippen molar-refractivity contribution >= 4 is 17.1 Å². The number of urea groups is 1. The van der Waals surface area contributed by atoms with Crippen molar-refractivity contribution in [2.45, 2.75) is 32.4 Å². The highest BCUT2D eigenvalue weighted by Gasteiger charge is 2.31. The lowest BCUT2D eigenvalue weighted by molar-refractivity contribution is 0.0418. The van der Waals surface area contributed by atoms with Crippen molar-refractivity contribution in [1.82, 2.24) is 20.2 Å². The molecular weight excluding hydrogens is 339 g/mol. The largest absolute Gasteiger partial charge is 0.376 e. The number of nitrogens with one attached hydrogen (secondary N) is 2. The van der Waals surface area contributed by atoms with E-state index in [0.717, 1.165) is 11.3 Å². The second-order valence-corrected chi connectivity index (χ2v) is 6.26. The lowest BCUT2D eigenvalue weighted by Crippen LogP contribution is -2.50. The van der Waals surface area contributed by atoms with Crippen LogP contribution in [0.2, 0.25) is 0 Å². The van der Waals surface area contributed by atoms with Crippen molar-refractivity contribution < 1.29 is 18.7 Å². The van der Waals surface area contributed by atoms with Gasteiger partial charge >= 0.3 is 6.03 Å². The zero-order chi connectivity index (χ0) is 18.5. The molecule has 2 atom stereocenters. The molecule has 7 nitrogen and oxygen atoms in total. The summed E-state index contributed by atoms with van der Waals surface area (Å²) in [6.07, 6.45) is 0.459. The summed E-state index contributed by atoms with van der Waals surface area (Å²) in [5.41, 5.74) is 1.38. The Balaban J connectivity index is 1.56. The van der Waals surface area contributed by atoms with Crippen LogP contribution < -0.4 is 5.32 Å². The predicted octanol–water partition coefficient (Wildman–Crippen LogP) is 2.08. The predicted molar refractivity (Wildman–Crippen MR) is 95.6 cm³/mol. The zero-order valence-electron chi connectivity index (χ0n) is 15.1. The summed E-state index contributed by atoms with van der Waals surface area (Å²) >= 11 is 0. The minimum absolute atomic E-state index is 0.104. The summed E-state index contributed by atoms with van der Waals surface area (Å²) < 4.78 is 24.3. The Bertz CT molecular complexity index is 751. The van der Waals surface area contributed by atoms with E-state index in [0.29, 0.717) is 44.8 Å². The van der Waals surface area contributed by atoms with Gasteiger partial charge in [0.25, 0.3) is 0 Å². The number of hydrogen-bond donors (Lipinski definition) is 2. The molecule has 2 aromatic rings. The number of H-pyrrole nitrogens is 1. The maximum atomic E-state index is 13.3. The van der Waals surface area contributed by atoms with Gasteiger partial charge in [-0.1, -0.05) is 0 Å². The van der Waals surface area contributed by atoms with Crippen LogP contribution in [0.5, 0.6) is 0 Å². The average Bonchev–Trinajstić information content (AvgIpc) is 3.22. The molecule has 2 heterocycles. The second kappa shape index (κ2) is 8.46. The van der Waals surface area contributed by atoms with Gasteiger partial charge in [0, 0.05) is 26.1 Å². The number of aromatic amines is 1. The minimum atomic E-state index is -0.301. The van der Waals surface area contributed by atoms with Crippen molar-refractivity contribution in [3.63, 3.8) is 0 Å². The van der Waals surface area contributed by atoms with Crippen LogP contribution in [-0.2, 0) is 15.9 Å². The van der Waals surface area contributed by atoms with Crippen molar-refractivity contribution in [1.29, 1.82) is 0 Å². The first kappa shape index (κ1) is 18.6. The SMILES string of the molecule is CCO[C@H]1COC[C@@H]1NC(=O)N(CC)CCc1nc2ccc(F)cc2[nH]1. The number of hydrogen-bond acceptors (Lipinski definition) is 4. The van der Waals surface area contributed by atoms with Gasteiger partial charge in [-0.05, 0) is 32.0 Å². The molecule has 1 fully saturated rings. The first-order valence-electron chi connectivity index (χ1n) is 8.99. The van der Waals surface area contributed by atoms with Gasteiger partial charge in [0.1, 0.15) is 17.7 Å². The number of fused-ring (bicyclic) bond motifs is 1. The Hall–Kier alpha value is -2.19. The Morgan fingerprint density at radius 2 is 2.31 bits per heavy atom. The molecule has 0 unspecified atom stereocenters. The second-order valence-electron chi connectivity index (χ2n) is 6.26. The van der Waals surface area contributed by atoms with E-state index >= 15 is 0 Å². The molecule has 0 bridgehead atoms. The molecule has 0 radical (unpaired) electrons. The molecule has 2 N–H and O–H groups in total. The molecule has 1 aliphatic heterocycles. The molecule has 2 amide bonds. The van der Waals surface area contributed by atoms with Gasteiger partial charge in [-0.2, -0.15) is 0 Å². The lowest BCUT2D eigenvalue weighted by atomic mass is 10.2. The molecule has 1 aromatic carbocycles. The molecule has 0 spiro atoms. The Kier molecular flexibility index (Phi) is 6.05. The number of ether oxygens (including phenoxy) is 2. The van der Waals surface area contributed by atoms with E-state index in [-0.39, 0.29) is 24.0 Å². The molecule has 0 aliphatic carbocycles. The molecule has 142 valence electrons. The van der Waals surface area contributed by atoms with E-state index in [1.54, 1.807) is 11.0 Å². The summed E-state index contributed by atoms with van der Waals surface area (Å²) in [4.78, 5) is 21.8. The van der Waals surface area contributed by atoms with Gasteiger partial charge in [-0.15, -0.1) is 0 Å². The van der Waals surface area contributed by atoms with E-state index in [1.807, 2.05) is 13.8 Å².